The lowest BCUT2D eigenvalue weighted by atomic mass is 10.1. The molecule has 3 heteroatoms. The molecule has 0 aliphatic heterocycles. The van der Waals surface area contributed by atoms with Crippen LogP contribution in [0.1, 0.15) is 57.8 Å². The van der Waals surface area contributed by atoms with Crippen molar-refractivity contribution in [2.45, 2.75) is 57.8 Å². The van der Waals surface area contributed by atoms with Crippen LogP contribution in [0.25, 0.3) is 0 Å². The zero-order valence-electron chi connectivity index (χ0n) is 13.2. The predicted octanol–water partition coefficient (Wildman–Crippen LogP) is 4.59. The summed E-state index contributed by atoms with van der Waals surface area (Å²) in [6.45, 7) is 0. The highest BCUT2D eigenvalue weighted by molar-refractivity contribution is 9.11. The van der Waals surface area contributed by atoms with Gasteiger partial charge in [0.1, 0.15) is 0 Å². The number of methoxy groups -OCH3 is 1. The summed E-state index contributed by atoms with van der Waals surface area (Å²) in [6.07, 6.45) is 10.2. The first kappa shape index (κ1) is 20.4. The van der Waals surface area contributed by atoms with E-state index in [1.165, 1.54) is 20.0 Å². The van der Waals surface area contributed by atoms with Crippen molar-refractivity contribution in [1.29, 1.82) is 0 Å². The third-order valence-electron chi connectivity index (χ3n) is 2.75. The number of allylic oxidation sites excluding steroid dienone is 1. The van der Waals surface area contributed by atoms with E-state index in [4.69, 9.17) is 0 Å². The number of carbonyl (C=O) groups excluding carboxylic acids is 1. The van der Waals surface area contributed by atoms with Crippen molar-refractivity contribution in [3.05, 3.63) is 11.1 Å². The Kier molecular flexibility index (Phi) is 16.1. The summed E-state index contributed by atoms with van der Waals surface area (Å²) in [6, 6.07) is 0. The second-order valence-corrected chi connectivity index (χ2v) is 5.09. The van der Waals surface area contributed by atoms with Crippen LogP contribution in [0.5, 0.6) is 0 Å². The lowest BCUT2D eigenvalue weighted by molar-refractivity contribution is -0.140. The minimum atomic E-state index is -0.182. The monoisotopic (exact) mass is 362 g/mol. The zero-order chi connectivity index (χ0) is 16.3. The molecule has 0 aliphatic carbocycles. The number of ether oxygens (including phenoxy) is 1. The first-order valence-electron chi connectivity index (χ1n) is 7.57. The number of carbonyl (C=O) groups is 1. The second kappa shape index (κ2) is 17.4. The quantitative estimate of drug-likeness (QED) is 0.358. The minimum absolute atomic E-state index is 0.182. The van der Waals surface area contributed by atoms with Gasteiger partial charge in [-0.15, -0.1) is 0 Å². The SMILES string of the molecule is COC(=O)CCCC#CC#CCCCCCCC#C/C=C/Br. The van der Waals surface area contributed by atoms with Gasteiger partial charge < -0.3 is 4.74 Å². The highest BCUT2D eigenvalue weighted by atomic mass is 79.9. The molecular weight excluding hydrogens is 340 g/mol. The summed E-state index contributed by atoms with van der Waals surface area (Å²) < 4.78 is 4.55. The van der Waals surface area contributed by atoms with Crippen LogP contribution in [0, 0.1) is 35.5 Å². The van der Waals surface area contributed by atoms with Gasteiger partial charge in [-0.3, -0.25) is 4.79 Å². The van der Waals surface area contributed by atoms with Gasteiger partial charge in [-0.1, -0.05) is 52.5 Å². The standard InChI is InChI=1S/C19H23BrO2/c1-22-19(21)17-15-13-11-9-7-5-3-2-4-6-8-10-12-14-16-18-20/h16,18H,2-4,6,8,10,13,15,17H2,1H3/b18-16+. The Labute approximate surface area is 143 Å². The first-order chi connectivity index (χ1) is 10.8. The number of hydrogen-bond donors (Lipinski definition) is 0. The number of hydrogen-bond acceptors (Lipinski definition) is 2. The van der Waals surface area contributed by atoms with E-state index in [1.807, 2.05) is 0 Å². The molecule has 0 aromatic rings. The molecule has 0 saturated carbocycles. The summed E-state index contributed by atoms with van der Waals surface area (Å²) in [5.74, 6) is 17.5. The lowest BCUT2D eigenvalue weighted by Gasteiger charge is -1.94. The first-order valence-corrected chi connectivity index (χ1v) is 8.49. The van der Waals surface area contributed by atoms with Crippen molar-refractivity contribution in [2.24, 2.45) is 0 Å². The minimum Gasteiger partial charge on any atom is -0.469 e. The maximum atomic E-state index is 10.8. The molecule has 0 bridgehead atoms. The number of esters is 1. The highest BCUT2D eigenvalue weighted by Gasteiger charge is 1.96. The van der Waals surface area contributed by atoms with Crippen molar-refractivity contribution >= 4 is 21.9 Å². The Balaban J connectivity index is 3.43. The molecule has 0 atom stereocenters. The summed E-state index contributed by atoms with van der Waals surface area (Å²) in [5.41, 5.74) is 0. The fourth-order valence-electron chi connectivity index (χ4n) is 1.58. The lowest BCUT2D eigenvalue weighted by Crippen LogP contribution is -1.98. The van der Waals surface area contributed by atoms with E-state index in [0.29, 0.717) is 12.8 Å². The van der Waals surface area contributed by atoms with Crippen LogP contribution in [0.2, 0.25) is 0 Å². The normalized spacial score (nSPS) is 9.00. The van der Waals surface area contributed by atoms with Crippen LogP contribution in [0.15, 0.2) is 11.1 Å². The molecule has 22 heavy (non-hydrogen) atoms. The highest BCUT2D eigenvalue weighted by Crippen LogP contribution is 2.04. The molecule has 0 amide bonds. The third-order valence-corrected chi connectivity index (χ3v) is 3.02. The number of unbranched alkanes of at least 4 members (excludes halogenated alkanes) is 6. The van der Waals surface area contributed by atoms with Gasteiger partial charge in [0.25, 0.3) is 0 Å². The fourth-order valence-corrected chi connectivity index (χ4v) is 1.71. The van der Waals surface area contributed by atoms with Gasteiger partial charge in [0.05, 0.1) is 7.11 Å². The molecular formula is C19H23BrO2. The van der Waals surface area contributed by atoms with E-state index >= 15 is 0 Å². The molecule has 0 radical (unpaired) electrons. The molecule has 2 nitrogen and oxygen atoms in total. The summed E-state index contributed by atoms with van der Waals surface area (Å²) >= 11 is 3.18. The summed E-state index contributed by atoms with van der Waals surface area (Å²) in [7, 11) is 1.40. The second-order valence-electron chi connectivity index (χ2n) is 4.56. The van der Waals surface area contributed by atoms with Gasteiger partial charge >= 0.3 is 5.97 Å². The van der Waals surface area contributed by atoms with Gasteiger partial charge in [0.15, 0.2) is 0 Å². The van der Waals surface area contributed by atoms with Crippen LogP contribution in [-0.2, 0) is 9.53 Å². The van der Waals surface area contributed by atoms with Gasteiger partial charge in [0.2, 0.25) is 0 Å². The maximum absolute atomic E-state index is 10.8. The van der Waals surface area contributed by atoms with Crippen molar-refractivity contribution in [2.75, 3.05) is 7.11 Å². The average Bonchev–Trinajstić information content (AvgIpc) is 2.54. The van der Waals surface area contributed by atoms with Crippen LogP contribution in [0.4, 0.5) is 0 Å². The largest absolute Gasteiger partial charge is 0.469 e. The van der Waals surface area contributed by atoms with Crippen molar-refractivity contribution in [3.63, 3.8) is 0 Å². The Bertz CT molecular complexity index is 501. The van der Waals surface area contributed by atoms with E-state index < -0.39 is 0 Å². The zero-order valence-corrected chi connectivity index (χ0v) is 14.8. The third kappa shape index (κ3) is 16.4. The van der Waals surface area contributed by atoms with Gasteiger partial charge in [-0.2, -0.15) is 0 Å². The molecule has 0 aliphatic rings. The van der Waals surface area contributed by atoms with E-state index in [0.717, 1.165) is 32.1 Å². The van der Waals surface area contributed by atoms with Gasteiger partial charge in [-0.05, 0) is 42.2 Å². The van der Waals surface area contributed by atoms with Crippen LogP contribution < -0.4 is 0 Å². The van der Waals surface area contributed by atoms with Crippen LogP contribution >= 0.6 is 15.9 Å². The molecule has 118 valence electrons. The maximum Gasteiger partial charge on any atom is 0.305 e. The molecule has 0 rings (SSSR count). The Morgan fingerprint density at radius 2 is 1.55 bits per heavy atom. The number of rotatable bonds is 8. The Morgan fingerprint density at radius 3 is 2.14 bits per heavy atom. The molecule has 0 aromatic heterocycles. The molecule has 0 unspecified atom stereocenters. The van der Waals surface area contributed by atoms with E-state index in [9.17, 15) is 4.79 Å². The molecule has 0 aromatic carbocycles. The topological polar surface area (TPSA) is 26.3 Å². The summed E-state index contributed by atoms with van der Waals surface area (Å²) in [5, 5.41) is 0. The van der Waals surface area contributed by atoms with Crippen LogP contribution in [-0.4, -0.2) is 13.1 Å². The van der Waals surface area contributed by atoms with Crippen molar-refractivity contribution < 1.29 is 9.53 Å². The van der Waals surface area contributed by atoms with E-state index in [-0.39, 0.29) is 5.97 Å². The molecule has 0 fully saturated rings. The summed E-state index contributed by atoms with van der Waals surface area (Å²) in [4.78, 5) is 12.6. The van der Waals surface area contributed by atoms with E-state index in [2.05, 4.69) is 56.2 Å². The van der Waals surface area contributed by atoms with Gasteiger partial charge in [-0.25, -0.2) is 0 Å². The Morgan fingerprint density at radius 1 is 0.955 bits per heavy atom. The molecule has 0 heterocycles. The van der Waals surface area contributed by atoms with Crippen molar-refractivity contribution in [3.8, 4) is 35.5 Å². The molecule has 0 saturated heterocycles. The smallest absolute Gasteiger partial charge is 0.305 e. The Hall–Kier alpha value is -1.63. The molecule has 0 N–H and O–H groups in total. The van der Waals surface area contributed by atoms with E-state index in [1.54, 1.807) is 11.1 Å². The van der Waals surface area contributed by atoms with Crippen LogP contribution in [0.3, 0.4) is 0 Å². The average molecular weight is 363 g/mol. The van der Waals surface area contributed by atoms with Crippen molar-refractivity contribution in [1.82, 2.24) is 0 Å². The fraction of sp³-hybridized carbons (Fsp3) is 0.526. The van der Waals surface area contributed by atoms with Gasteiger partial charge in [0, 0.05) is 25.7 Å². The molecule has 0 spiro atoms. The predicted molar refractivity (Wildman–Crippen MR) is 95.0 cm³/mol. The number of halogens is 1.